The van der Waals surface area contributed by atoms with Gasteiger partial charge in [0.05, 0.1) is 6.10 Å². The van der Waals surface area contributed by atoms with Crippen LogP contribution in [0.2, 0.25) is 0 Å². The molecule has 0 spiro atoms. The molecule has 5 aliphatic carbocycles. The van der Waals surface area contributed by atoms with E-state index in [0.29, 0.717) is 17.8 Å². The number of Topliss-reactive ketones (excluding diaryl/α,β-unsaturated/α-hetero) is 1. The molecule has 3 heteroatoms. The molecule has 0 aromatic rings. The first-order chi connectivity index (χ1) is 21.3. The zero-order chi connectivity index (χ0) is 33.8. The predicted octanol–water partition coefficient (Wildman–Crippen LogP) is 12.7. The number of carbonyl (C=O) groups excluding carboxylic acids is 1. The molecule has 0 heterocycles. The molecule has 1 radical (unpaired) electrons. The minimum Gasteiger partial charge on any atom is -0.381 e. The standard InChI is InChI=1S/C12H23.C11H22O.C10H18O.C10H18.Y/c1-5-11-8-12(11)10(4)7-6-9(2)3;1-5-9-6-10(9)7-11(12-4)8(2)3;1-4-8-5-9(8)6-10(11)7(2)3;1-3-8-5-10(8)6-9-4-7(9)2;/h6,9-12H,5,7-8H2,1-4H3;8-11H,5-7H2,1-4H3;7-9H,4-6H2,1-3H3;7-10H,3-6H2,1-2H3;/q-1;;;;. The van der Waals surface area contributed by atoms with Crippen LogP contribution in [0.25, 0.3) is 0 Å². The summed E-state index contributed by atoms with van der Waals surface area (Å²) in [6.45, 7) is 27.0. The van der Waals surface area contributed by atoms with Gasteiger partial charge in [0.25, 0.3) is 0 Å². The first-order valence-corrected chi connectivity index (χ1v) is 20.2. The van der Waals surface area contributed by atoms with E-state index in [1.54, 1.807) is 12.8 Å². The van der Waals surface area contributed by atoms with Gasteiger partial charge in [-0.05, 0) is 110 Å². The molecule has 0 aromatic heterocycles. The third-order valence-corrected chi connectivity index (χ3v) is 12.6. The van der Waals surface area contributed by atoms with Crippen molar-refractivity contribution in [3.05, 3.63) is 6.42 Å². The molecule has 5 fully saturated rings. The van der Waals surface area contributed by atoms with Gasteiger partial charge >= 0.3 is 0 Å². The van der Waals surface area contributed by atoms with E-state index in [1.165, 1.54) is 64.2 Å². The monoisotopic (exact) mass is 719 g/mol. The van der Waals surface area contributed by atoms with Gasteiger partial charge in [0, 0.05) is 52.2 Å². The van der Waals surface area contributed by atoms with Gasteiger partial charge in [-0.1, -0.05) is 115 Å². The second-order valence-corrected chi connectivity index (χ2v) is 17.5. The SMILES string of the molecule is CCC1CC1C(C)C[CH-]C(C)C.CCC1CC1CC(=O)C(C)C.CCC1CC1CC(OC)C(C)C.CCC1CC1CC1CC1C.[Y]. The first kappa shape index (κ1) is 44.8. The minimum atomic E-state index is 0. The molecule has 5 saturated carbocycles. The molecule has 0 bridgehead atoms. The van der Waals surface area contributed by atoms with Crippen molar-refractivity contribution in [2.75, 3.05) is 7.11 Å². The summed E-state index contributed by atoms with van der Waals surface area (Å²) in [6, 6.07) is 0. The van der Waals surface area contributed by atoms with Crippen LogP contribution < -0.4 is 0 Å². The third-order valence-electron chi connectivity index (χ3n) is 12.6. The molecule has 2 nitrogen and oxygen atoms in total. The van der Waals surface area contributed by atoms with Crippen LogP contribution in [0, 0.1) is 89.3 Å². The van der Waals surface area contributed by atoms with Crippen molar-refractivity contribution in [3.8, 4) is 0 Å². The first-order valence-electron chi connectivity index (χ1n) is 20.2. The Morgan fingerprint density at radius 3 is 1.57 bits per heavy atom. The molecule has 0 saturated heterocycles. The summed E-state index contributed by atoms with van der Waals surface area (Å²) in [6.07, 6.45) is 20.8. The van der Waals surface area contributed by atoms with E-state index in [2.05, 4.69) is 75.7 Å². The van der Waals surface area contributed by atoms with Crippen molar-refractivity contribution in [2.45, 2.75) is 173 Å². The van der Waals surface area contributed by atoms with E-state index in [1.807, 2.05) is 21.0 Å². The Hall–Kier alpha value is 0.734. The van der Waals surface area contributed by atoms with E-state index in [9.17, 15) is 4.79 Å². The predicted molar refractivity (Wildman–Crippen MR) is 197 cm³/mol. The van der Waals surface area contributed by atoms with Gasteiger partial charge in [0.2, 0.25) is 0 Å². The number of hydrogen-bond donors (Lipinski definition) is 0. The number of rotatable bonds is 17. The largest absolute Gasteiger partial charge is 0.381 e. The normalized spacial score (nSPS) is 34.1. The summed E-state index contributed by atoms with van der Waals surface area (Å²) in [4.78, 5) is 11.3. The fraction of sp³-hybridized carbons (Fsp3) is 0.953. The van der Waals surface area contributed by atoms with E-state index >= 15 is 0 Å². The van der Waals surface area contributed by atoms with Gasteiger partial charge in [-0.3, -0.25) is 4.79 Å². The minimum absolute atomic E-state index is 0. The Morgan fingerprint density at radius 2 is 1.20 bits per heavy atom. The molecule has 46 heavy (non-hydrogen) atoms. The fourth-order valence-corrected chi connectivity index (χ4v) is 7.91. The zero-order valence-electron chi connectivity index (χ0n) is 33.3. The summed E-state index contributed by atoms with van der Waals surface area (Å²) in [5, 5.41) is 0. The van der Waals surface area contributed by atoms with Gasteiger partial charge in [0.15, 0.2) is 0 Å². The molecular weight excluding hydrogens is 637 g/mol. The molecule has 269 valence electrons. The van der Waals surface area contributed by atoms with Crippen molar-refractivity contribution in [1.82, 2.24) is 0 Å². The molecule has 0 aromatic carbocycles. The Morgan fingerprint density at radius 1 is 0.696 bits per heavy atom. The average Bonchev–Trinajstić information content (AvgIpc) is 3.81. The topological polar surface area (TPSA) is 26.3 Å². The summed E-state index contributed by atoms with van der Waals surface area (Å²) in [5.74, 6) is 13.3. The van der Waals surface area contributed by atoms with Crippen LogP contribution in [0.15, 0.2) is 0 Å². The van der Waals surface area contributed by atoms with E-state index in [0.717, 1.165) is 77.4 Å². The number of hydrogen-bond acceptors (Lipinski definition) is 2. The van der Waals surface area contributed by atoms with Crippen LogP contribution in [0.4, 0.5) is 0 Å². The van der Waals surface area contributed by atoms with Gasteiger partial charge in [-0.25, -0.2) is 0 Å². The zero-order valence-corrected chi connectivity index (χ0v) is 36.2. The van der Waals surface area contributed by atoms with Gasteiger partial charge in [-0.15, -0.1) is 0 Å². The Bertz CT molecular complexity index is 807. The Kier molecular flexibility index (Phi) is 21.9. The molecule has 12 unspecified atom stereocenters. The number of ketones is 1. The summed E-state index contributed by atoms with van der Waals surface area (Å²) < 4.78 is 5.46. The van der Waals surface area contributed by atoms with Gasteiger partial charge < -0.3 is 11.2 Å². The van der Waals surface area contributed by atoms with E-state index < -0.39 is 0 Å². The van der Waals surface area contributed by atoms with Crippen LogP contribution in [-0.2, 0) is 42.2 Å². The summed E-state index contributed by atoms with van der Waals surface area (Å²) >= 11 is 0. The van der Waals surface area contributed by atoms with Gasteiger partial charge in [0.1, 0.15) is 5.78 Å². The molecule has 0 aliphatic heterocycles. The Balaban J connectivity index is 0.000000305. The van der Waals surface area contributed by atoms with Crippen LogP contribution in [0.3, 0.4) is 0 Å². The summed E-state index contributed by atoms with van der Waals surface area (Å²) in [5.41, 5.74) is 0. The molecule has 0 N–H and O–H groups in total. The molecular formula is C43H81O2Y-. The number of ether oxygens (including phenoxy) is 1. The second kappa shape index (κ2) is 22.5. The summed E-state index contributed by atoms with van der Waals surface area (Å²) in [7, 11) is 1.84. The second-order valence-electron chi connectivity index (χ2n) is 17.5. The van der Waals surface area contributed by atoms with Crippen molar-refractivity contribution >= 4 is 5.78 Å². The number of carbonyl (C=O) groups is 1. The Labute approximate surface area is 315 Å². The quantitative estimate of drug-likeness (QED) is 0.140. The smallest absolute Gasteiger partial charge is 0.135 e. The molecule has 5 aliphatic rings. The van der Waals surface area contributed by atoms with Crippen molar-refractivity contribution in [3.63, 3.8) is 0 Å². The van der Waals surface area contributed by atoms with Crippen LogP contribution in [-0.4, -0.2) is 19.0 Å². The van der Waals surface area contributed by atoms with Crippen LogP contribution >= 0.6 is 0 Å². The van der Waals surface area contributed by atoms with Crippen molar-refractivity contribution < 1.29 is 42.2 Å². The average molecular weight is 719 g/mol. The van der Waals surface area contributed by atoms with Crippen LogP contribution in [0.1, 0.15) is 167 Å². The van der Waals surface area contributed by atoms with Gasteiger partial charge in [-0.2, -0.15) is 12.3 Å². The van der Waals surface area contributed by atoms with Crippen molar-refractivity contribution in [2.24, 2.45) is 82.9 Å². The van der Waals surface area contributed by atoms with Crippen molar-refractivity contribution in [1.29, 1.82) is 0 Å². The maximum atomic E-state index is 11.3. The molecule has 5 rings (SSSR count). The maximum absolute atomic E-state index is 11.3. The molecule has 12 atom stereocenters. The van der Waals surface area contributed by atoms with Crippen LogP contribution in [0.5, 0.6) is 0 Å². The fourth-order valence-electron chi connectivity index (χ4n) is 7.91. The van der Waals surface area contributed by atoms with E-state index in [-0.39, 0.29) is 38.6 Å². The number of methoxy groups -OCH3 is 1. The maximum Gasteiger partial charge on any atom is 0.135 e. The third kappa shape index (κ3) is 17.6. The van der Waals surface area contributed by atoms with E-state index in [4.69, 9.17) is 4.74 Å². The molecule has 0 amide bonds.